The van der Waals surface area contributed by atoms with E-state index in [0.29, 0.717) is 18.2 Å². The summed E-state index contributed by atoms with van der Waals surface area (Å²) in [5.41, 5.74) is 1.06. The van der Waals surface area contributed by atoms with Gasteiger partial charge in [-0.2, -0.15) is 0 Å². The lowest BCUT2D eigenvalue weighted by molar-refractivity contribution is 0.414. The molecule has 2 aromatic rings. The first kappa shape index (κ1) is 11.0. The van der Waals surface area contributed by atoms with Crippen molar-refractivity contribution in [2.75, 3.05) is 7.11 Å². The van der Waals surface area contributed by atoms with Crippen molar-refractivity contribution in [2.45, 2.75) is 12.3 Å². The van der Waals surface area contributed by atoms with E-state index < -0.39 is 0 Å². The van der Waals surface area contributed by atoms with Crippen LogP contribution in [0.15, 0.2) is 28.7 Å². The minimum atomic E-state index is 0.241. The zero-order chi connectivity index (χ0) is 11.4. The van der Waals surface area contributed by atoms with Crippen LogP contribution in [-0.4, -0.2) is 17.3 Å². The van der Waals surface area contributed by atoms with E-state index in [-0.39, 0.29) is 5.88 Å². The molecule has 0 saturated carbocycles. The summed E-state index contributed by atoms with van der Waals surface area (Å²) in [6.45, 7) is 0. The Morgan fingerprint density at radius 1 is 1.31 bits per heavy atom. The van der Waals surface area contributed by atoms with Crippen LogP contribution in [-0.2, 0) is 12.3 Å². The third kappa shape index (κ3) is 2.52. The molecule has 0 unspecified atom stereocenters. The molecular formula is C11H11ClN2O2. The van der Waals surface area contributed by atoms with E-state index >= 15 is 0 Å². The molecule has 0 spiro atoms. The molecule has 0 aliphatic heterocycles. The number of aromatic nitrogens is 2. The standard InChI is InChI=1S/C11H11ClN2O2/c1-15-9-4-2-3-8(5-9)6-10-13-14-11(7-12)16-10/h2-5H,6-7H2,1H3. The molecule has 1 heterocycles. The number of methoxy groups -OCH3 is 1. The summed E-state index contributed by atoms with van der Waals surface area (Å²) in [5, 5.41) is 7.69. The van der Waals surface area contributed by atoms with Gasteiger partial charge in [-0.25, -0.2) is 0 Å². The molecule has 4 nitrogen and oxygen atoms in total. The quantitative estimate of drug-likeness (QED) is 0.768. The van der Waals surface area contributed by atoms with Crippen molar-refractivity contribution in [1.29, 1.82) is 0 Å². The van der Waals surface area contributed by atoms with E-state index in [0.717, 1.165) is 11.3 Å². The summed E-state index contributed by atoms with van der Waals surface area (Å²) in [6.07, 6.45) is 0.584. The van der Waals surface area contributed by atoms with Crippen LogP contribution >= 0.6 is 11.6 Å². The molecule has 16 heavy (non-hydrogen) atoms. The smallest absolute Gasteiger partial charge is 0.231 e. The highest BCUT2D eigenvalue weighted by molar-refractivity contribution is 6.16. The molecule has 0 N–H and O–H groups in total. The molecule has 0 amide bonds. The van der Waals surface area contributed by atoms with Crippen molar-refractivity contribution in [2.24, 2.45) is 0 Å². The van der Waals surface area contributed by atoms with Crippen molar-refractivity contribution in [3.63, 3.8) is 0 Å². The summed E-state index contributed by atoms with van der Waals surface area (Å²) >= 11 is 5.57. The molecule has 84 valence electrons. The lowest BCUT2D eigenvalue weighted by Gasteiger charge is -2.01. The summed E-state index contributed by atoms with van der Waals surface area (Å²) in [4.78, 5) is 0. The van der Waals surface area contributed by atoms with Crippen LogP contribution in [0, 0.1) is 0 Å². The predicted molar refractivity (Wildman–Crippen MR) is 59.7 cm³/mol. The average molecular weight is 239 g/mol. The van der Waals surface area contributed by atoms with E-state index in [1.807, 2.05) is 24.3 Å². The fraction of sp³-hybridized carbons (Fsp3) is 0.273. The molecule has 0 aliphatic carbocycles. The summed E-state index contributed by atoms with van der Waals surface area (Å²) in [7, 11) is 1.64. The molecule has 0 saturated heterocycles. The Balaban J connectivity index is 2.13. The van der Waals surface area contributed by atoms with Crippen LogP contribution in [0.2, 0.25) is 0 Å². The summed E-state index contributed by atoms with van der Waals surface area (Å²) in [5.74, 6) is 2.06. The zero-order valence-corrected chi connectivity index (χ0v) is 9.57. The molecule has 0 aliphatic rings. The number of nitrogens with zero attached hydrogens (tertiary/aromatic N) is 2. The SMILES string of the molecule is COc1cccc(Cc2nnc(CCl)o2)c1. The topological polar surface area (TPSA) is 48.2 Å². The molecular weight excluding hydrogens is 228 g/mol. The Bertz CT molecular complexity index is 471. The van der Waals surface area contributed by atoms with Gasteiger partial charge in [-0.1, -0.05) is 12.1 Å². The first-order chi connectivity index (χ1) is 7.81. The van der Waals surface area contributed by atoms with Crippen molar-refractivity contribution >= 4 is 11.6 Å². The predicted octanol–water partition coefficient (Wildman–Crippen LogP) is 2.41. The van der Waals surface area contributed by atoms with E-state index in [1.165, 1.54) is 0 Å². The largest absolute Gasteiger partial charge is 0.497 e. The number of benzene rings is 1. The Morgan fingerprint density at radius 2 is 2.12 bits per heavy atom. The molecule has 0 fully saturated rings. The fourth-order valence-corrected chi connectivity index (χ4v) is 1.48. The molecule has 0 radical (unpaired) electrons. The van der Waals surface area contributed by atoms with E-state index in [1.54, 1.807) is 7.11 Å². The first-order valence-corrected chi connectivity index (χ1v) is 5.35. The number of alkyl halides is 1. The average Bonchev–Trinajstić information content (AvgIpc) is 2.77. The van der Waals surface area contributed by atoms with Crippen molar-refractivity contribution < 1.29 is 9.15 Å². The maximum atomic E-state index is 5.57. The van der Waals surface area contributed by atoms with Gasteiger partial charge in [0.25, 0.3) is 0 Å². The maximum Gasteiger partial charge on any atom is 0.231 e. The van der Waals surface area contributed by atoms with Gasteiger partial charge in [0.2, 0.25) is 11.8 Å². The minimum Gasteiger partial charge on any atom is -0.497 e. The fourth-order valence-electron chi connectivity index (χ4n) is 1.37. The van der Waals surface area contributed by atoms with Gasteiger partial charge in [0.05, 0.1) is 13.5 Å². The number of hydrogen-bond acceptors (Lipinski definition) is 4. The third-order valence-electron chi connectivity index (χ3n) is 2.11. The number of rotatable bonds is 4. The number of ether oxygens (including phenoxy) is 1. The van der Waals surface area contributed by atoms with Gasteiger partial charge in [0, 0.05) is 0 Å². The highest BCUT2D eigenvalue weighted by atomic mass is 35.5. The van der Waals surface area contributed by atoms with Gasteiger partial charge < -0.3 is 9.15 Å². The molecule has 1 aromatic heterocycles. The normalized spacial score (nSPS) is 10.4. The van der Waals surface area contributed by atoms with E-state index in [4.69, 9.17) is 20.8 Å². The number of hydrogen-bond donors (Lipinski definition) is 0. The van der Waals surface area contributed by atoms with Crippen molar-refractivity contribution in [1.82, 2.24) is 10.2 Å². The Kier molecular flexibility index (Phi) is 3.41. The van der Waals surface area contributed by atoms with Gasteiger partial charge in [0.1, 0.15) is 11.6 Å². The highest BCUT2D eigenvalue weighted by Gasteiger charge is 2.06. The van der Waals surface area contributed by atoms with Gasteiger partial charge in [-0.05, 0) is 17.7 Å². The summed E-state index contributed by atoms with van der Waals surface area (Å²) in [6, 6.07) is 7.73. The van der Waals surface area contributed by atoms with Gasteiger partial charge >= 0.3 is 0 Å². The van der Waals surface area contributed by atoms with Crippen LogP contribution < -0.4 is 4.74 Å². The van der Waals surface area contributed by atoms with Crippen LogP contribution in [0.4, 0.5) is 0 Å². The van der Waals surface area contributed by atoms with Crippen molar-refractivity contribution in [3.8, 4) is 5.75 Å². The van der Waals surface area contributed by atoms with E-state index in [2.05, 4.69) is 10.2 Å². The highest BCUT2D eigenvalue weighted by Crippen LogP contribution is 2.15. The number of halogens is 1. The molecule has 1 aromatic carbocycles. The second-order valence-electron chi connectivity index (χ2n) is 3.25. The molecule has 0 bridgehead atoms. The monoisotopic (exact) mass is 238 g/mol. The maximum absolute atomic E-state index is 5.57. The second-order valence-corrected chi connectivity index (χ2v) is 3.52. The second kappa shape index (κ2) is 4.99. The molecule has 5 heteroatoms. The minimum absolute atomic E-state index is 0.241. The van der Waals surface area contributed by atoms with Gasteiger partial charge in [-0.3, -0.25) is 0 Å². The van der Waals surface area contributed by atoms with Crippen molar-refractivity contribution in [3.05, 3.63) is 41.6 Å². The first-order valence-electron chi connectivity index (χ1n) is 4.82. The van der Waals surface area contributed by atoms with Crippen LogP contribution in [0.1, 0.15) is 17.3 Å². The Morgan fingerprint density at radius 3 is 2.81 bits per heavy atom. The molecule has 2 rings (SSSR count). The van der Waals surface area contributed by atoms with Crippen LogP contribution in [0.3, 0.4) is 0 Å². The lowest BCUT2D eigenvalue weighted by atomic mass is 10.1. The third-order valence-corrected chi connectivity index (χ3v) is 2.34. The molecule has 0 atom stereocenters. The van der Waals surface area contributed by atoms with Crippen LogP contribution in [0.5, 0.6) is 5.75 Å². The lowest BCUT2D eigenvalue weighted by Crippen LogP contribution is -1.90. The Hall–Kier alpha value is -1.55. The zero-order valence-electron chi connectivity index (χ0n) is 8.81. The van der Waals surface area contributed by atoms with E-state index in [9.17, 15) is 0 Å². The summed E-state index contributed by atoms with van der Waals surface area (Å²) < 4.78 is 10.4. The van der Waals surface area contributed by atoms with Gasteiger partial charge in [-0.15, -0.1) is 21.8 Å². The Labute approximate surface area is 98.2 Å². The van der Waals surface area contributed by atoms with Crippen LogP contribution in [0.25, 0.3) is 0 Å². The van der Waals surface area contributed by atoms with Gasteiger partial charge in [0.15, 0.2) is 0 Å².